The van der Waals surface area contributed by atoms with E-state index in [1.54, 1.807) is 65.6 Å². The number of aromatic hydroxyl groups is 1. The highest BCUT2D eigenvalue weighted by Crippen LogP contribution is 2.48. The quantitative estimate of drug-likeness (QED) is 0.0311. The molecule has 6 rings (SSSR count). The third-order valence-corrected chi connectivity index (χ3v) is 11.6. The van der Waals surface area contributed by atoms with Gasteiger partial charge in [-0.3, -0.25) is 14.4 Å². The van der Waals surface area contributed by atoms with Crippen LogP contribution in [0.3, 0.4) is 0 Å². The lowest BCUT2D eigenvalue weighted by Gasteiger charge is -2.48. The van der Waals surface area contributed by atoms with E-state index in [9.17, 15) is 37.4 Å². The molecule has 0 aliphatic carbocycles. The van der Waals surface area contributed by atoms with E-state index in [1.165, 1.54) is 36.6 Å². The van der Waals surface area contributed by atoms with E-state index < -0.39 is 51.6 Å². The molecule has 1 aliphatic rings. The molecule has 63 heavy (non-hydrogen) atoms. The number of hydrogen-bond acceptors (Lipinski definition) is 9. The lowest BCUT2D eigenvalue weighted by atomic mass is 9.77. The number of phenols is 1. The fourth-order valence-corrected chi connectivity index (χ4v) is 7.89. The fourth-order valence-electron chi connectivity index (χ4n) is 7.16. The molecule has 10 nitrogen and oxygen atoms in total. The molecule has 0 spiro atoms. The summed E-state index contributed by atoms with van der Waals surface area (Å²) in [5.41, 5.74) is 4.15. The number of halogens is 1. The van der Waals surface area contributed by atoms with Gasteiger partial charge in [-0.25, -0.2) is 12.8 Å². The summed E-state index contributed by atoms with van der Waals surface area (Å²) in [6, 6.07) is 35.0. The highest BCUT2D eigenvalue weighted by molar-refractivity contribution is 7.90. The predicted molar refractivity (Wildman–Crippen MR) is 237 cm³/mol. The van der Waals surface area contributed by atoms with Gasteiger partial charge in [0.2, 0.25) is 5.91 Å². The molecule has 0 saturated carbocycles. The van der Waals surface area contributed by atoms with Crippen LogP contribution in [-0.4, -0.2) is 48.5 Å². The van der Waals surface area contributed by atoms with Crippen LogP contribution in [0.4, 0.5) is 10.1 Å². The number of esters is 2. The Hall–Kier alpha value is -6.73. The molecular formula is C51H48FNO9S. The molecule has 1 saturated heterocycles. The van der Waals surface area contributed by atoms with E-state index in [-0.39, 0.29) is 49.9 Å². The van der Waals surface area contributed by atoms with Gasteiger partial charge in [-0.15, -0.1) is 0 Å². The smallest absolute Gasteiger partial charge is 0.321 e. The highest BCUT2D eigenvalue weighted by atomic mass is 32.2. The van der Waals surface area contributed by atoms with Crippen LogP contribution >= 0.6 is 0 Å². The molecule has 324 valence electrons. The Labute approximate surface area is 367 Å². The van der Waals surface area contributed by atoms with Gasteiger partial charge in [-0.05, 0) is 90.9 Å². The summed E-state index contributed by atoms with van der Waals surface area (Å²) in [6.45, 7) is -0.0704. The summed E-state index contributed by atoms with van der Waals surface area (Å²) in [5.74, 6) is 7.82. The van der Waals surface area contributed by atoms with Crippen molar-refractivity contribution in [1.82, 2.24) is 0 Å². The first kappa shape index (κ1) is 45.8. The molecule has 2 N–H and O–H groups in total. The summed E-state index contributed by atoms with van der Waals surface area (Å²) < 4.78 is 47.3. The Morgan fingerprint density at radius 1 is 0.778 bits per heavy atom. The number of β-lactam (4-membered cyclic amide) rings is 1. The van der Waals surface area contributed by atoms with Crippen molar-refractivity contribution in [2.45, 2.75) is 63.9 Å². The zero-order valence-corrected chi connectivity index (χ0v) is 35.6. The molecule has 5 aromatic carbocycles. The van der Waals surface area contributed by atoms with Crippen LogP contribution in [0.2, 0.25) is 0 Å². The van der Waals surface area contributed by atoms with Crippen molar-refractivity contribution in [3.05, 3.63) is 167 Å². The van der Waals surface area contributed by atoms with E-state index in [0.717, 1.165) is 11.1 Å². The van der Waals surface area contributed by atoms with Crippen LogP contribution in [0.1, 0.15) is 84.1 Å². The molecule has 5 aromatic rings. The SMILES string of the molecule is CS(=O)(=O)CCCCC#Cc1ccc(N2C(=O)[C@H](CC[C@H](O)c3ccc(F)cc3)[C@H]2c2ccc(C#CCC(C(=O)OCc3ccccc3)C(=O)OCc3ccccc3)cc2O)cc1. The molecule has 1 aliphatic heterocycles. The number of aliphatic hydroxyl groups is 1. The van der Waals surface area contributed by atoms with Gasteiger partial charge in [0.15, 0.2) is 5.92 Å². The maximum absolute atomic E-state index is 13.9. The number of rotatable bonds is 17. The van der Waals surface area contributed by atoms with Crippen molar-refractivity contribution < 1.29 is 46.9 Å². The van der Waals surface area contributed by atoms with E-state index in [2.05, 4.69) is 23.7 Å². The number of ether oxygens (including phenoxy) is 2. The van der Waals surface area contributed by atoms with E-state index >= 15 is 0 Å². The average molecular weight is 870 g/mol. The summed E-state index contributed by atoms with van der Waals surface area (Å²) >= 11 is 0. The van der Waals surface area contributed by atoms with Crippen molar-refractivity contribution in [2.75, 3.05) is 16.9 Å². The van der Waals surface area contributed by atoms with Gasteiger partial charge in [0.25, 0.3) is 0 Å². The monoisotopic (exact) mass is 869 g/mol. The molecular weight excluding hydrogens is 822 g/mol. The molecule has 0 bridgehead atoms. The van der Waals surface area contributed by atoms with Crippen LogP contribution in [0, 0.1) is 41.3 Å². The number of sulfone groups is 1. The van der Waals surface area contributed by atoms with Gasteiger partial charge in [0.1, 0.15) is 34.6 Å². The second kappa shape index (κ2) is 21.9. The molecule has 1 fully saturated rings. The molecule has 0 radical (unpaired) electrons. The predicted octanol–water partition coefficient (Wildman–Crippen LogP) is 8.16. The largest absolute Gasteiger partial charge is 0.508 e. The van der Waals surface area contributed by atoms with Crippen LogP contribution in [0.15, 0.2) is 127 Å². The fraction of sp³-hybridized carbons (Fsp3) is 0.275. The van der Waals surface area contributed by atoms with E-state index in [1.807, 2.05) is 36.4 Å². The summed E-state index contributed by atoms with van der Waals surface area (Å²) in [6.07, 6.45) is 2.26. The number of carbonyl (C=O) groups excluding carboxylic acids is 3. The topological polar surface area (TPSA) is 148 Å². The maximum Gasteiger partial charge on any atom is 0.321 e. The number of benzene rings is 5. The third-order valence-electron chi connectivity index (χ3n) is 10.6. The molecule has 0 unspecified atom stereocenters. The number of amides is 1. The van der Waals surface area contributed by atoms with Crippen molar-refractivity contribution >= 4 is 33.4 Å². The Balaban J connectivity index is 1.18. The normalized spacial score (nSPS) is 15.0. The number of carbonyl (C=O) groups is 3. The summed E-state index contributed by atoms with van der Waals surface area (Å²) in [7, 11) is -3.02. The van der Waals surface area contributed by atoms with Crippen LogP contribution in [0.25, 0.3) is 0 Å². The summed E-state index contributed by atoms with van der Waals surface area (Å²) in [4.78, 5) is 41.9. The lowest BCUT2D eigenvalue weighted by Crippen LogP contribution is -2.55. The van der Waals surface area contributed by atoms with Crippen LogP contribution in [0.5, 0.6) is 5.75 Å². The van der Waals surface area contributed by atoms with Crippen LogP contribution < -0.4 is 4.90 Å². The zero-order valence-electron chi connectivity index (χ0n) is 34.8. The first-order chi connectivity index (χ1) is 30.4. The third kappa shape index (κ3) is 13.1. The minimum Gasteiger partial charge on any atom is -0.508 e. The van der Waals surface area contributed by atoms with Crippen molar-refractivity contribution in [2.24, 2.45) is 11.8 Å². The van der Waals surface area contributed by atoms with Crippen molar-refractivity contribution in [3.63, 3.8) is 0 Å². The minimum absolute atomic E-state index is 0.0352. The number of nitrogens with zero attached hydrogens (tertiary/aromatic N) is 1. The highest BCUT2D eigenvalue weighted by Gasteiger charge is 2.49. The van der Waals surface area contributed by atoms with Gasteiger partial charge in [0.05, 0.1) is 18.1 Å². The van der Waals surface area contributed by atoms with Crippen molar-refractivity contribution in [3.8, 4) is 29.4 Å². The number of anilines is 1. The standard InChI is InChI=1S/C51H48FNO9S/c1-63(59,60)32-11-3-2-6-13-36-20-27-42(28-21-36)53-48(44(49(53)56)30-31-46(54)40-23-25-41(52)26-24-40)43-29-22-37(33-47(43)55)18-12-19-45(50(57)61-34-38-14-7-4-8-15-38)51(58)62-35-39-16-9-5-10-17-39/h4-5,7-10,14-17,20-29,33,44-46,48,54-55H,2-3,11,19,30-32,34-35H2,1H3/t44-,46+,48-/m1/s1. The van der Waals surface area contributed by atoms with Crippen LogP contribution in [-0.2, 0) is 46.9 Å². The Bertz CT molecular complexity index is 2540. The number of phenolic OH excluding ortho intramolecular Hbond substituents is 1. The second-order valence-corrected chi connectivity index (χ2v) is 17.6. The summed E-state index contributed by atoms with van der Waals surface area (Å²) in [5, 5.41) is 22.4. The van der Waals surface area contributed by atoms with E-state index in [0.29, 0.717) is 47.2 Å². The maximum atomic E-state index is 13.9. The zero-order chi connectivity index (χ0) is 44.8. The average Bonchev–Trinajstić information content (AvgIpc) is 3.28. The lowest BCUT2D eigenvalue weighted by molar-refractivity contribution is -0.163. The minimum atomic E-state index is -3.02. The van der Waals surface area contributed by atoms with Gasteiger partial charge in [-0.1, -0.05) is 103 Å². The Morgan fingerprint density at radius 2 is 1.37 bits per heavy atom. The van der Waals surface area contributed by atoms with Gasteiger partial charge in [-0.2, -0.15) is 0 Å². The number of aliphatic hydroxyl groups excluding tert-OH is 1. The molecule has 1 amide bonds. The molecule has 12 heteroatoms. The molecule has 3 atom stereocenters. The second-order valence-electron chi connectivity index (χ2n) is 15.4. The van der Waals surface area contributed by atoms with Gasteiger partial charge < -0.3 is 24.6 Å². The van der Waals surface area contributed by atoms with E-state index in [4.69, 9.17) is 9.47 Å². The number of unbranched alkanes of at least 4 members (excludes halogenated alkanes) is 2. The Morgan fingerprint density at radius 3 is 1.95 bits per heavy atom. The molecule has 1 heterocycles. The first-order valence-corrected chi connectivity index (χ1v) is 22.7. The molecule has 0 aromatic heterocycles. The van der Waals surface area contributed by atoms with Crippen molar-refractivity contribution in [1.29, 1.82) is 0 Å². The first-order valence-electron chi connectivity index (χ1n) is 20.6. The number of hydrogen-bond donors (Lipinski definition) is 2. The van der Waals surface area contributed by atoms with Gasteiger partial charge >= 0.3 is 11.9 Å². The van der Waals surface area contributed by atoms with Gasteiger partial charge in [0, 0.05) is 47.2 Å². The Kier molecular flexibility index (Phi) is 15.9.